The fourth-order valence-electron chi connectivity index (χ4n) is 5.43. The van der Waals surface area contributed by atoms with Gasteiger partial charge in [-0.3, -0.25) is 4.79 Å². The highest BCUT2D eigenvalue weighted by Crippen LogP contribution is 2.42. The molecule has 6 rings (SSSR count). The first-order valence-corrected chi connectivity index (χ1v) is 10.8. The molecular formula is C27H23BN2O. The predicted molar refractivity (Wildman–Crippen MR) is 135 cm³/mol. The van der Waals surface area contributed by atoms with Gasteiger partial charge in [-0.15, -0.1) is 0 Å². The number of hydrogen-bond donors (Lipinski definition) is 0. The molecule has 31 heavy (non-hydrogen) atoms. The molecule has 150 valence electrons. The summed E-state index contributed by atoms with van der Waals surface area (Å²) in [6.07, 6.45) is 1.06. The van der Waals surface area contributed by atoms with Crippen LogP contribution in [0.25, 0.3) is 50.0 Å². The van der Waals surface area contributed by atoms with Crippen molar-refractivity contribution >= 4 is 52.6 Å². The maximum Gasteiger partial charge on any atom is 0.246 e. The maximum atomic E-state index is 13.0. The molecule has 0 amide bonds. The molecule has 1 aliphatic heterocycles. The third kappa shape index (κ3) is 2.33. The van der Waals surface area contributed by atoms with Gasteiger partial charge in [-0.25, -0.2) is 0 Å². The highest BCUT2D eigenvalue weighted by Gasteiger charge is 2.20. The first kappa shape index (κ1) is 18.3. The van der Waals surface area contributed by atoms with Crippen molar-refractivity contribution in [3.8, 4) is 11.1 Å². The fraction of sp³-hybridized carbons (Fsp3) is 0.148. The largest absolute Gasteiger partial charge is 0.374 e. The Morgan fingerprint density at radius 1 is 0.871 bits per heavy atom. The minimum atomic E-state index is 0.0122. The van der Waals surface area contributed by atoms with E-state index in [9.17, 15) is 4.79 Å². The predicted octanol–water partition coefficient (Wildman–Crippen LogP) is 3.80. The molecule has 1 aromatic heterocycles. The van der Waals surface area contributed by atoms with Gasteiger partial charge in [0.05, 0.1) is 0 Å². The highest BCUT2D eigenvalue weighted by atomic mass is 16.1. The number of aromatic nitrogens is 1. The molecule has 4 heteroatoms. The van der Waals surface area contributed by atoms with Gasteiger partial charge in [0.1, 0.15) is 0 Å². The van der Waals surface area contributed by atoms with E-state index in [2.05, 4.69) is 74.0 Å². The van der Waals surface area contributed by atoms with Crippen LogP contribution >= 0.6 is 0 Å². The van der Waals surface area contributed by atoms with Crippen LogP contribution in [0.4, 0.5) is 5.69 Å². The summed E-state index contributed by atoms with van der Waals surface area (Å²) in [4.78, 5) is 15.4. The lowest BCUT2D eigenvalue weighted by atomic mass is 9.86. The van der Waals surface area contributed by atoms with Crippen LogP contribution in [0, 0.1) is 6.92 Å². The topological polar surface area (TPSA) is 25.2 Å². The zero-order chi connectivity index (χ0) is 21.4. The van der Waals surface area contributed by atoms with Crippen LogP contribution in [0.2, 0.25) is 0 Å². The zero-order valence-electron chi connectivity index (χ0n) is 18.1. The van der Waals surface area contributed by atoms with Crippen molar-refractivity contribution in [2.45, 2.75) is 13.3 Å². The van der Waals surface area contributed by atoms with Gasteiger partial charge in [0.15, 0.2) is 0 Å². The SMILES string of the molecule is Bn1c(=C)c2ccc(C)c3c(-c4ccc5c6c(cccc46)CCN5C)ccc(c1=O)c32. The second-order valence-corrected chi connectivity index (χ2v) is 8.80. The molecule has 0 fully saturated rings. The molecule has 0 N–H and O–H groups in total. The summed E-state index contributed by atoms with van der Waals surface area (Å²) < 4.78 is 1.66. The van der Waals surface area contributed by atoms with Gasteiger partial charge >= 0.3 is 0 Å². The summed E-state index contributed by atoms with van der Waals surface area (Å²) in [5.41, 5.74) is 6.30. The summed E-state index contributed by atoms with van der Waals surface area (Å²) >= 11 is 0. The Morgan fingerprint density at radius 3 is 2.48 bits per heavy atom. The van der Waals surface area contributed by atoms with Crippen LogP contribution in [0.1, 0.15) is 11.1 Å². The van der Waals surface area contributed by atoms with Crippen LogP contribution in [0.3, 0.4) is 0 Å². The third-order valence-corrected chi connectivity index (χ3v) is 7.14. The number of benzene rings is 4. The molecule has 2 heterocycles. The van der Waals surface area contributed by atoms with Gasteiger partial charge in [0.2, 0.25) is 13.5 Å². The Labute approximate surface area is 181 Å². The van der Waals surface area contributed by atoms with E-state index in [0.717, 1.165) is 39.9 Å². The Bertz CT molecular complexity index is 1630. The van der Waals surface area contributed by atoms with E-state index >= 15 is 0 Å². The van der Waals surface area contributed by atoms with Crippen LogP contribution in [-0.4, -0.2) is 26.1 Å². The molecule has 0 saturated heterocycles. The number of likely N-dealkylation sites (N-methyl/N-ethyl adjacent to an activating group) is 1. The number of nitrogens with zero attached hydrogens (tertiary/aromatic N) is 2. The monoisotopic (exact) mass is 402 g/mol. The quantitative estimate of drug-likeness (QED) is 0.399. The lowest BCUT2D eigenvalue weighted by Gasteiger charge is -2.28. The molecule has 4 aromatic carbocycles. The Kier molecular flexibility index (Phi) is 3.68. The molecule has 0 bridgehead atoms. The van der Waals surface area contributed by atoms with E-state index in [1.165, 1.54) is 38.7 Å². The first-order chi connectivity index (χ1) is 15.0. The smallest absolute Gasteiger partial charge is 0.246 e. The van der Waals surface area contributed by atoms with Crippen LogP contribution in [0.5, 0.6) is 0 Å². The lowest BCUT2D eigenvalue weighted by molar-refractivity contribution is 0.866. The Balaban J connectivity index is 1.81. The molecule has 5 aromatic rings. The average molecular weight is 402 g/mol. The molecule has 0 unspecified atom stereocenters. The van der Waals surface area contributed by atoms with E-state index in [1.54, 1.807) is 12.5 Å². The fourth-order valence-corrected chi connectivity index (χ4v) is 5.43. The summed E-state index contributed by atoms with van der Waals surface area (Å²) in [6, 6.07) is 19.5. The van der Waals surface area contributed by atoms with Crippen molar-refractivity contribution in [3.63, 3.8) is 0 Å². The molecule has 3 nitrogen and oxygen atoms in total. The number of hydrogen-bond acceptors (Lipinski definition) is 2. The minimum Gasteiger partial charge on any atom is -0.374 e. The number of pyridine rings is 1. The van der Waals surface area contributed by atoms with Crippen molar-refractivity contribution in [2.24, 2.45) is 0 Å². The minimum absolute atomic E-state index is 0.0122. The van der Waals surface area contributed by atoms with Gasteiger partial charge in [-0.2, -0.15) is 0 Å². The summed E-state index contributed by atoms with van der Waals surface area (Å²) in [5, 5.41) is 7.38. The lowest BCUT2D eigenvalue weighted by Crippen LogP contribution is -2.32. The van der Waals surface area contributed by atoms with Gasteiger partial charge in [-0.05, 0) is 58.5 Å². The first-order valence-electron chi connectivity index (χ1n) is 10.8. The number of anilines is 1. The Hall–Kier alpha value is -3.53. The molecule has 1 aliphatic rings. The van der Waals surface area contributed by atoms with Gasteiger partial charge in [-0.1, -0.05) is 49.0 Å². The second kappa shape index (κ2) is 6.24. The molecule has 0 atom stereocenters. The van der Waals surface area contributed by atoms with Crippen molar-refractivity contribution < 1.29 is 0 Å². The van der Waals surface area contributed by atoms with E-state index in [0.29, 0.717) is 0 Å². The van der Waals surface area contributed by atoms with Gasteiger partial charge in [0, 0.05) is 46.2 Å². The normalized spacial score (nSPS) is 13.5. The number of rotatable bonds is 1. The van der Waals surface area contributed by atoms with Crippen molar-refractivity contribution in [1.29, 1.82) is 0 Å². The van der Waals surface area contributed by atoms with Crippen molar-refractivity contribution in [3.05, 3.63) is 81.4 Å². The molecule has 0 spiro atoms. The molecule has 0 aliphatic carbocycles. The standard InChI is InChI=1S/C27H23BN2O/c1-15-7-8-18-16(2)30(28)27(31)22-10-9-21(24(15)26(18)22)19-11-12-23-25-17(13-14-29(23)3)5-4-6-20(19)25/h4-12H,2,13-14,28H2,1,3H3. The second-order valence-electron chi connectivity index (χ2n) is 8.80. The van der Waals surface area contributed by atoms with E-state index in [4.69, 9.17) is 0 Å². The van der Waals surface area contributed by atoms with E-state index < -0.39 is 0 Å². The molecule has 0 saturated carbocycles. The summed E-state index contributed by atoms with van der Waals surface area (Å²) in [6.45, 7) is 7.38. The van der Waals surface area contributed by atoms with Crippen LogP contribution < -0.4 is 15.8 Å². The average Bonchev–Trinajstić information content (AvgIpc) is 2.79. The van der Waals surface area contributed by atoms with E-state index in [-0.39, 0.29) is 5.56 Å². The van der Waals surface area contributed by atoms with E-state index in [1.807, 2.05) is 6.07 Å². The zero-order valence-corrected chi connectivity index (χ0v) is 18.1. The van der Waals surface area contributed by atoms with Crippen LogP contribution in [0.15, 0.2) is 59.4 Å². The van der Waals surface area contributed by atoms with Crippen LogP contribution in [-0.2, 0) is 6.42 Å². The van der Waals surface area contributed by atoms with Crippen molar-refractivity contribution in [1.82, 2.24) is 4.48 Å². The Morgan fingerprint density at radius 2 is 1.65 bits per heavy atom. The third-order valence-electron chi connectivity index (χ3n) is 7.14. The highest BCUT2D eigenvalue weighted by molar-refractivity contribution is 6.20. The van der Waals surface area contributed by atoms with Gasteiger partial charge in [0.25, 0.3) is 0 Å². The molecule has 0 radical (unpaired) electrons. The molecular weight excluding hydrogens is 379 g/mol. The van der Waals surface area contributed by atoms with Crippen molar-refractivity contribution in [2.75, 3.05) is 18.5 Å². The van der Waals surface area contributed by atoms with Gasteiger partial charge < -0.3 is 9.38 Å². The number of aryl methyl sites for hydroxylation is 1. The summed E-state index contributed by atoms with van der Waals surface area (Å²) in [5.74, 6) is 0. The maximum absolute atomic E-state index is 13.0. The summed E-state index contributed by atoms with van der Waals surface area (Å²) in [7, 11) is 3.97.